The van der Waals surface area contributed by atoms with Crippen LogP contribution in [0, 0.1) is 0 Å². The van der Waals surface area contributed by atoms with E-state index in [1.165, 1.54) is 37.1 Å². The van der Waals surface area contributed by atoms with Crippen molar-refractivity contribution >= 4 is 12.0 Å². The molecule has 4 aromatic rings. The maximum Gasteiger partial charge on any atom is 0.210 e. The number of Topliss-reactive ketones (excluding diaryl/α,β-unsaturated/α-hetero) is 1. The fraction of sp³-hybridized carbons (Fsp3) is 0.233. The van der Waals surface area contributed by atoms with E-state index < -0.39 is 6.04 Å². The normalized spacial score (nSPS) is 17.5. The number of aliphatic imine (C=N–C) groups is 1. The van der Waals surface area contributed by atoms with E-state index in [2.05, 4.69) is 51.3 Å². The zero-order valence-corrected chi connectivity index (χ0v) is 20.2. The molecule has 1 atom stereocenters. The lowest BCUT2D eigenvalue weighted by Gasteiger charge is -2.19. The lowest BCUT2D eigenvalue weighted by Crippen LogP contribution is -2.20. The number of hydrogen-bond acceptors (Lipinski definition) is 5. The molecule has 3 aromatic carbocycles. The van der Waals surface area contributed by atoms with Crippen molar-refractivity contribution in [3.05, 3.63) is 107 Å². The first-order valence-corrected chi connectivity index (χ1v) is 12.6. The van der Waals surface area contributed by atoms with Gasteiger partial charge in [-0.2, -0.15) is 0 Å². The van der Waals surface area contributed by atoms with Crippen LogP contribution in [0.5, 0.6) is 0 Å². The molecular formula is C30H29N5O. The Hall–Kier alpha value is -3.87. The molecule has 2 aliphatic rings. The van der Waals surface area contributed by atoms with Gasteiger partial charge in [-0.3, -0.25) is 19.3 Å². The zero-order valence-electron chi connectivity index (χ0n) is 20.2. The van der Waals surface area contributed by atoms with Gasteiger partial charge in [0.05, 0.1) is 6.21 Å². The summed E-state index contributed by atoms with van der Waals surface area (Å²) in [4.78, 5) is 25.1. The molecule has 3 heterocycles. The minimum absolute atomic E-state index is 0.0506. The van der Waals surface area contributed by atoms with Crippen molar-refractivity contribution < 1.29 is 4.79 Å². The topological polar surface area (TPSA) is 76.5 Å². The number of aromatic nitrogens is 2. The summed E-state index contributed by atoms with van der Waals surface area (Å²) in [6.45, 7) is 3.76. The number of nitrogens with two attached hydrogens (primary N) is 1. The second-order valence-corrected chi connectivity index (χ2v) is 9.53. The fourth-order valence-electron chi connectivity index (χ4n) is 5.28. The number of rotatable bonds is 6. The van der Waals surface area contributed by atoms with Gasteiger partial charge in [-0.15, -0.1) is 0 Å². The molecule has 180 valence electrons. The summed E-state index contributed by atoms with van der Waals surface area (Å²) in [6.07, 6.45) is 5.97. The molecule has 2 N–H and O–H groups in total. The number of benzene rings is 3. The highest BCUT2D eigenvalue weighted by Gasteiger charge is 2.31. The Kier molecular flexibility index (Phi) is 6.05. The van der Waals surface area contributed by atoms with E-state index in [9.17, 15) is 4.79 Å². The molecule has 1 saturated heterocycles. The number of hydrogen-bond donors (Lipinski definition) is 1. The van der Waals surface area contributed by atoms with Gasteiger partial charge in [-0.05, 0) is 65.9 Å². The molecule has 6 heteroatoms. The second-order valence-electron chi connectivity index (χ2n) is 9.53. The van der Waals surface area contributed by atoms with Gasteiger partial charge < -0.3 is 5.73 Å². The first kappa shape index (κ1) is 22.6. The van der Waals surface area contributed by atoms with Crippen molar-refractivity contribution in [3.8, 4) is 16.8 Å². The summed E-state index contributed by atoms with van der Waals surface area (Å²) in [5.41, 5.74) is 13.5. The molecule has 6 rings (SSSR count). The van der Waals surface area contributed by atoms with Gasteiger partial charge in [0.25, 0.3) is 0 Å². The number of ketones is 1. The number of fused-ring (bicyclic) bond motifs is 1. The van der Waals surface area contributed by atoms with Gasteiger partial charge in [0.1, 0.15) is 23.8 Å². The van der Waals surface area contributed by atoms with Crippen molar-refractivity contribution in [1.29, 1.82) is 0 Å². The molecule has 0 amide bonds. The Morgan fingerprint density at radius 2 is 1.75 bits per heavy atom. The van der Waals surface area contributed by atoms with E-state index in [1.54, 1.807) is 12.5 Å². The third-order valence-corrected chi connectivity index (χ3v) is 7.20. The van der Waals surface area contributed by atoms with Crippen LogP contribution in [-0.4, -0.2) is 39.5 Å². The Labute approximate surface area is 211 Å². The van der Waals surface area contributed by atoms with Gasteiger partial charge in [0, 0.05) is 18.8 Å². The van der Waals surface area contributed by atoms with E-state index in [4.69, 9.17) is 5.73 Å². The summed E-state index contributed by atoms with van der Waals surface area (Å²) in [5, 5.41) is 0. The van der Waals surface area contributed by atoms with E-state index in [-0.39, 0.29) is 5.78 Å². The van der Waals surface area contributed by atoms with Gasteiger partial charge in [0.15, 0.2) is 0 Å². The van der Waals surface area contributed by atoms with Crippen molar-refractivity contribution in [3.63, 3.8) is 0 Å². The van der Waals surface area contributed by atoms with Gasteiger partial charge in [-0.1, -0.05) is 60.7 Å². The van der Waals surface area contributed by atoms with Crippen LogP contribution < -0.4 is 5.73 Å². The molecule has 0 spiro atoms. The molecule has 1 unspecified atom stereocenters. The molecule has 1 fully saturated rings. The highest BCUT2D eigenvalue weighted by atomic mass is 16.1. The standard InChI is InChI=1S/C30H29N5O/c31-17-21-6-5-8-25(16-21)35-20-33-27-18-32-28(30(36)29(27)35)23-12-10-22(11-13-23)26-9-2-1-7-24(26)19-34-14-3-4-15-34/h1-2,5-13,16,18,20,28H,3-4,14-15,17,19,31H2. The van der Waals surface area contributed by atoms with Gasteiger partial charge >= 0.3 is 0 Å². The molecular weight excluding hydrogens is 446 g/mol. The Morgan fingerprint density at radius 3 is 2.56 bits per heavy atom. The quantitative estimate of drug-likeness (QED) is 0.428. The average Bonchev–Trinajstić information content (AvgIpc) is 3.60. The highest BCUT2D eigenvalue weighted by Crippen LogP contribution is 2.32. The van der Waals surface area contributed by atoms with Crippen LogP contribution in [0.25, 0.3) is 16.8 Å². The second kappa shape index (κ2) is 9.64. The van der Waals surface area contributed by atoms with E-state index >= 15 is 0 Å². The number of imidazole rings is 1. The fourth-order valence-corrected chi connectivity index (χ4v) is 5.28. The first-order valence-electron chi connectivity index (χ1n) is 12.6. The Balaban J connectivity index is 1.28. The minimum Gasteiger partial charge on any atom is -0.326 e. The van der Waals surface area contributed by atoms with Crippen molar-refractivity contribution in [1.82, 2.24) is 14.5 Å². The molecule has 36 heavy (non-hydrogen) atoms. The van der Waals surface area contributed by atoms with Crippen LogP contribution >= 0.6 is 0 Å². The molecule has 0 saturated carbocycles. The van der Waals surface area contributed by atoms with Crippen LogP contribution in [0.15, 0.2) is 84.1 Å². The zero-order chi connectivity index (χ0) is 24.5. The van der Waals surface area contributed by atoms with E-state index in [1.807, 2.05) is 41.0 Å². The summed E-state index contributed by atoms with van der Waals surface area (Å²) in [7, 11) is 0. The van der Waals surface area contributed by atoms with Crippen LogP contribution in [0.4, 0.5) is 0 Å². The lowest BCUT2D eigenvalue weighted by atomic mass is 9.94. The van der Waals surface area contributed by atoms with Crippen molar-refractivity contribution in [2.75, 3.05) is 13.1 Å². The molecule has 6 nitrogen and oxygen atoms in total. The van der Waals surface area contributed by atoms with E-state index in [0.29, 0.717) is 17.9 Å². The summed E-state index contributed by atoms with van der Waals surface area (Å²) in [5.74, 6) is -0.0506. The van der Waals surface area contributed by atoms with Gasteiger partial charge in [-0.25, -0.2) is 4.98 Å². The molecule has 0 radical (unpaired) electrons. The average molecular weight is 476 g/mol. The molecule has 0 bridgehead atoms. The predicted octanol–water partition coefficient (Wildman–Crippen LogP) is 4.95. The molecule has 2 aliphatic heterocycles. The van der Waals surface area contributed by atoms with Crippen LogP contribution in [0.2, 0.25) is 0 Å². The number of carbonyl (C=O) groups excluding carboxylic acids is 1. The number of nitrogens with zero attached hydrogens (tertiary/aromatic N) is 4. The SMILES string of the molecule is NCc1cccc(-n2cnc3c2C(=O)C(c2ccc(-c4ccccc4CN4CCCC4)cc2)N=C3)c1. The third-order valence-electron chi connectivity index (χ3n) is 7.20. The monoisotopic (exact) mass is 475 g/mol. The molecule has 1 aromatic heterocycles. The smallest absolute Gasteiger partial charge is 0.210 e. The van der Waals surface area contributed by atoms with E-state index in [0.717, 1.165) is 28.9 Å². The maximum absolute atomic E-state index is 13.6. The molecule has 0 aliphatic carbocycles. The summed E-state index contributed by atoms with van der Waals surface area (Å²) >= 11 is 0. The van der Waals surface area contributed by atoms with Crippen LogP contribution in [0.3, 0.4) is 0 Å². The number of carbonyl (C=O) groups is 1. The Morgan fingerprint density at radius 1 is 0.944 bits per heavy atom. The van der Waals surface area contributed by atoms with Crippen molar-refractivity contribution in [2.45, 2.75) is 32.0 Å². The first-order chi connectivity index (χ1) is 17.7. The van der Waals surface area contributed by atoms with Crippen LogP contribution in [-0.2, 0) is 13.1 Å². The van der Waals surface area contributed by atoms with Crippen molar-refractivity contribution in [2.24, 2.45) is 10.7 Å². The lowest BCUT2D eigenvalue weighted by molar-refractivity contribution is 0.0953. The highest BCUT2D eigenvalue weighted by molar-refractivity contribution is 6.08. The minimum atomic E-state index is -0.584. The predicted molar refractivity (Wildman–Crippen MR) is 143 cm³/mol. The van der Waals surface area contributed by atoms with Crippen LogP contribution in [0.1, 0.15) is 51.8 Å². The largest absolute Gasteiger partial charge is 0.326 e. The Bertz CT molecular complexity index is 1430. The van der Waals surface area contributed by atoms with Gasteiger partial charge in [0.2, 0.25) is 5.78 Å². The maximum atomic E-state index is 13.6. The summed E-state index contributed by atoms with van der Waals surface area (Å²) in [6, 6.07) is 24.2. The number of likely N-dealkylation sites (tertiary alicyclic amines) is 1. The third kappa shape index (κ3) is 4.19. The summed E-state index contributed by atoms with van der Waals surface area (Å²) < 4.78 is 1.85.